The smallest absolute Gasteiger partial charge is 0.161 e. The van der Waals surface area contributed by atoms with E-state index in [1.165, 1.54) is 0 Å². The first-order valence-electron chi connectivity index (χ1n) is 4.77. The third-order valence-corrected chi connectivity index (χ3v) is 2.19. The van der Waals surface area contributed by atoms with Gasteiger partial charge in [0, 0.05) is 6.54 Å². The van der Waals surface area contributed by atoms with Crippen LogP contribution in [0, 0.1) is 0 Å². The quantitative estimate of drug-likeness (QED) is 0.826. The highest BCUT2D eigenvalue weighted by Crippen LogP contribution is 2.29. The lowest BCUT2D eigenvalue weighted by molar-refractivity contribution is 0.177. The van der Waals surface area contributed by atoms with Crippen LogP contribution in [-0.4, -0.2) is 32.9 Å². The van der Waals surface area contributed by atoms with Gasteiger partial charge < -0.3 is 19.9 Å². The van der Waals surface area contributed by atoms with Crippen LogP contribution in [0.25, 0.3) is 0 Å². The van der Waals surface area contributed by atoms with Crippen molar-refractivity contribution in [2.45, 2.75) is 6.10 Å². The van der Waals surface area contributed by atoms with Gasteiger partial charge in [0.1, 0.15) is 0 Å². The van der Waals surface area contributed by atoms with E-state index in [-0.39, 0.29) is 12.4 Å². The van der Waals surface area contributed by atoms with Gasteiger partial charge in [-0.1, -0.05) is 6.07 Å². The van der Waals surface area contributed by atoms with Gasteiger partial charge in [-0.25, -0.2) is 0 Å². The van der Waals surface area contributed by atoms with Crippen molar-refractivity contribution in [2.75, 3.05) is 27.8 Å². The lowest BCUT2D eigenvalue weighted by atomic mass is 10.1. The van der Waals surface area contributed by atoms with Crippen molar-refractivity contribution >= 4 is 12.4 Å². The maximum atomic E-state index is 9.75. The number of rotatable bonds is 5. The third-order valence-electron chi connectivity index (χ3n) is 2.19. The van der Waals surface area contributed by atoms with E-state index < -0.39 is 6.10 Å². The number of hydrogen-bond acceptors (Lipinski definition) is 4. The number of halogens is 1. The van der Waals surface area contributed by atoms with E-state index in [2.05, 4.69) is 5.32 Å². The van der Waals surface area contributed by atoms with Crippen LogP contribution in [0.4, 0.5) is 0 Å². The summed E-state index contributed by atoms with van der Waals surface area (Å²) < 4.78 is 10.3. The molecule has 1 aromatic rings. The zero-order chi connectivity index (χ0) is 11.3. The first kappa shape index (κ1) is 15.0. The molecule has 4 nitrogen and oxygen atoms in total. The Labute approximate surface area is 102 Å². The average molecular weight is 248 g/mol. The number of benzene rings is 1. The van der Waals surface area contributed by atoms with E-state index in [9.17, 15) is 5.11 Å². The van der Waals surface area contributed by atoms with Gasteiger partial charge in [0.2, 0.25) is 0 Å². The second-order valence-corrected chi connectivity index (χ2v) is 3.19. The molecule has 0 saturated carbocycles. The van der Waals surface area contributed by atoms with Crippen LogP contribution in [-0.2, 0) is 0 Å². The monoisotopic (exact) mass is 247 g/mol. The molecule has 0 fully saturated rings. The third kappa shape index (κ3) is 3.56. The van der Waals surface area contributed by atoms with E-state index >= 15 is 0 Å². The highest BCUT2D eigenvalue weighted by molar-refractivity contribution is 5.85. The van der Waals surface area contributed by atoms with Crippen molar-refractivity contribution < 1.29 is 14.6 Å². The van der Waals surface area contributed by atoms with Crippen LogP contribution in [0.1, 0.15) is 11.7 Å². The first-order chi connectivity index (χ1) is 7.22. The molecule has 0 spiro atoms. The predicted molar refractivity (Wildman–Crippen MR) is 65.7 cm³/mol. The Morgan fingerprint density at radius 3 is 2.38 bits per heavy atom. The predicted octanol–water partition coefficient (Wildman–Crippen LogP) is 1.38. The minimum atomic E-state index is -0.533. The number of aliphatic hydroxyl groups excluding tert-OH is 1. The summed E-state index contributed by atoms with van der Waals surface area (Å²) in [6.45, 7) is 0.509. The fraction of sp³-hybridized carbons (Fsp3) is 0.455. The minimum Gasteiger partial charge on any atom is -0.493 e. The molecule has 0 aromatic heterocycles. The molecule has 0 saturated heterocycles. The summed E-state index contributed by atoms with van der Waals surface area (Å²) in [5.74, 6) is 1.29. The maximum Gasteiger partial charge on any atom is 0.161 e. The molecule has 0 aliphatic rings. The Balaban J connectivity index is 0.00000225. The van der Waals surface area contributed by atoms with Gasteiger partial charge in [-0.2, -0.15) is 0 Å². The van der Waals surface area contributed by atoms with Crippen LogP contribution >= 0.6 is 12.4 Å². The van der Waals surface area contributed by atoms with Crippen LogP contribution < -0.4 is 14.8 Å². The zero-order valence-corrected chi connectivity index (χ0v) is 10.5. The summed E-state index contributed by atoms with van der Waals surface area (Å²) in [6, 6.07) is 5.39. The molecule has 0 radical (unpaired) electrons. The average Bonchev–Trinajstić information content (AvgIpc) is 2.28. The normalized spacial score (nSPS) is 11.5. The summed E-state index contributed by atoms with van der Waals surface area (Å²) in [5, 5.41) is 12.7. The summed E-state index contributed by atoms with van der Waals surface area (Å²) in [7, 11) is 4.96. The van der Waals surface area contributed by atoms with Gasteiger partial charge in [-0.3, -0.25) is 0 Å². The van der Waals surface area contributed by atoms with E-state index in [4.69, 9.17) is 9.47 Å². The molecule has 16 heavy (non-hydrogen) atoms. The maximum absolute atomic E-state index is 9.75. The Hall–Kier alpha value is -0.970. The van der Waals surface area contributed by atoms with E-state index in [1.54, 1.807) is 33.4 Å². The Morgan fingerprint density at radius 2 is 1.88 bits per heavy atom. The number of hydrogen-bond donors (Lipinski definition) is 2. The van der Waals surface area contributed by atoms with Crippen LogP contribution in [0.3, 0.4) is 0 Å². The van der Waals surface area contributed by atoms with Gasteiger partial charge in [0.15, 0.2) is 11.5 Å². The van der Waals surface area contributed by atoms with Gasteiger partial charge in [-0.15, -0.1) is 12.4 Å². The van der Waals surface area contributed by atoms with Gasteiger partial charge in [0.05, 0.1) is 20.3 Å². The molecule has 1 atom stereocenters. The molecular weight excluding hydrogens is 230 g/mol. The van der Waals surface area contributed by atoms with Gasteiger partial charge in [-0.05, 0) is 24.7 Å². The SMILES string of the molecule is CNCC(O)c1ccc(OC)c(OC)c1.Cl. The molecular formula is C11H18ClNO3. The zero-order valence-electron chi connectivity index (χ0n) is 9.69. The molecule has 1 rings (SSSR count). The molecule has 0 heterocycles. The second-order valence-electron chi connectivity index (χ2n) is 3.19. The number of aliphatic hydroxyl groups is 1. The van der Waals surface area contributed by atoms with Crippen LogP contribution in [0.15, 0.2) is 18.2 Å². The Bertz CT molecular complexity index is 320. The highest BCUT2D eigenvalue weighted by atomic mass is 35.5. The molecule has 5 heteroatoms. The molecule has 2 N–H and O–H groups in total. The van der Waals surface area contributed by atoms with Crippen molar-refractivity contribution in [3.8, 4) is 11.5 Å². The summed E-state index contributed by atoms with van der Waals surface area (Å²) >= 11 is 0. The summed E-state index contributed by atoms with van der Waals surface area (Å²) in [5.41, 5.74) is 0.807. The number of likely N-dealkylation sites (N-methyl/N-ethyl adjacent to an activating group) is 1. The van der Waals surface area contributed by atoms with Gasteiger partial charge >= 0.3 is 0 Å². The van der Waals surface area contributed by atoms with E-state index in [0.29, 0.717) is 18.0 Å². The Kier molecular flexibility index (Phi) is 6.88. The summed E-state index contributed by atoms with van der Waals surface area (Å²) in [4.78, 5) is 0. The summed E-state index contributed by atoms with van der Waals surface area (Å²) in [6.07, 6.45) is -0.533. The molecule has 0 aliphatic carbocycles. The van der Waals surface area contributed by atoms with Crippen molar-refractivity contribution in [3.63, 3.8) is 0 Å². The topological polar surface area (TPSA) is 50.7 Å². The van der Waals surface area contributed by atoms with Crippen molar-refractivity contribution in [3.05, 3.63) is 23.8 Å². The van der Waals surface area contributed by atoms with E-state index in [0.717, 1.165) is 5.56 Å². The number of methoxy groups -OCH3 is 2. The largest absolute Gasteiger partial charge is 0.493 e. The van der Waals surface area contributed by atoms with Crippen LogP contribution in [0.5, 0.6) is 11.5 Å². The number of ether oxygens (including phenoxy) is 2. The van der Waals surface area contributed by atoms with Crippen molar-refractivity contribution in [1.82, 2.24) is 5.32 Å². The minimum absolute atomic E-state index is 0. The Morgan fingerprint density at radius 1 is 1.25 bits per heavy atom. The van der Waals surface area contributed by atoms with Crippen molar-refractivity contribution in [1.29, 1.82) is 0 Å². The molecule has 1 aromatic carbocycles. The fourth-order valence-electron chi connectivity index (χ4n) is 1.37. The molecule has 0 bridgehead atoms. The lowest BCUT2D eigenvalue weighted by Crippen LogP contribution is -2.16. The molecule has 0 aliphatic heterocycles. The fourth-order valence-corrected chi connectivity index (χ4v) is 1.37. The standard InChI is InChI=1S/C11H17NO3.ClH/c1-12-7-9(13)8-4-5-10(14-2)11(6-8)15-3;/h4-6,9,12-13H,7H2,1-3H3;1H. The molecule has 0 amide bonds. The van der Waals surface area contributed by atoms with Crippen LogP contribution in [0.2, 0.25) is 0 Å². The molecule has 92 valence electrons. The highest BCUT2D eigenvalue weighted by Gasteiger charge is 2.10. The lowest BCUT2D eigenvalue weighted by Gasteiger charge is -2.13. The van der Waals surface area contributed by atoms with Crippen molar-refractivity contribution in [2.24, 2.45) is 0 Å². The second kappa shape index (κ2) is 7.33. The molecule has 1 unspecified atom stereocenters. The van der Waals surface area contributed by atoms with E-state index in [1.807, 2.05) is 6.07 Å². The number of nitrogens with one attached hydrogen (secondary N) is 1. The first-order valence-corrected chi connectivity index (χ1v) is 4.77. The van der Waals surface area contributed by atoms with Gasteiger partial charge in [0.25, 0.3) is 0 Å².